The molecule has 0 spiro atoms. The number of thiocarbonyl (C=S) groups is 1. The standard InChI is InChI=1S/C21H23BrCl2N2O2S/c1-2-3-4-5-10-28-19-9-7-14(11-17(19)22)20(27)26-21(29)25-13-15-6-8-16(23)12-18(15)24/h6-9,11-12H,2-5,10,13H2,1H3,(H2,25,26,27,29). The maximum atomic E-state index is 12.4. The monoisotopic (exact) mass is 516 g/mol. The molecule has 4 nitrogen and oxygen atoms in total. The molecule has 0 saturated carbocycles. The number of rotatable bonds is 9. The van der Waals surface area contributed by atoms with Gasteiger partial charge in [-0.2, -0.15) is 0 Å². The van der Waals surface area contributed by atoms with E-state index in [4.69, 9.17) is 40.2 Å². The molecule has 156 valence electrons. The first-order chi connectivity index (χ1) is 13.9. The molecule has 0 fully saturated rings. The van der Waals surface area contributed by atoms with Crippen LogP contribution < -0.4 is 15.4 Å². The van der Waals surface area contributed by atoms with E-state index in [-0.39, 0.29) is 11.0 Å². The van der Waals surface area contributed by atoms with Gasteiger partial charge in [0.15, 0.2) is 5.11 Å². The largest absolute Gasteiger partial charge is 0.492 e. The summed E-state index contributed by atoms with van der Waals surface area (Å²) in [4.78, 5) is 12.4. The van der Waals surface area contributed by atoms with E-state index in [1.165, 1.54) is 12.8 Å². The fraction of sp³-hybridized carbons (Fsp3) is 0.333. The van der Waals surface area contributed by atoms with Crippen molar-refractivity contribution in [3.63, 3.8) is 0 Å². The van der Waals surface area contributed by atoms with Crippen LogP contribution in [0, 0.1) is 0 Å². The maximum absolute atomic E-state index is 12.4. The topological polar surface area (TPSA) is 50.4 Å². The van der Waals surface area contributed by atoms with Gasteiger partial charge < -0.3 is 10.1 Å². The third-order valence-corrected chi connectivity index (χ3v) is 5.58. The van der Waals surface area contributed by atoms with Gasteiger partial charge in [0.2, 0.25) is 0 Å². The summed E-state index contributed by atoms with van der Waals surface area (Å²) < 4.78 is 6.50. The van der Waals surface area contributed by atoms with Crippen molar-refractivity contribution in [2.75, 3.05) is 6.61 Å². The summed E-state index contributed by atoms with van der Waals surface area (Å²) in [6, 6.07) is 10.4. The van der Waals surface area contributed by atoms with E-state index in [1.54, 1.807) is 36.4 Å². The molecule has 0 bridgehead atoms. The molecule has 0 atom stereocenters. The molecule has 2 rings (SSSR count). The van der Waals surface area contributed by atoms with Crippen molar-refractivity contribution in [1.29, 1.82) is 0 Å². The Labute approximate surface area is 195 Å². The highest BCUT2D eigenvalue weighted by Crippen LogP contribution is 2.26. The highest BCUT2D eigenvalue weighted by Gasteiger charge is 2.11. The van der Waals surface area contributed by atoms with Crippen molar-refractivity contribution in [2.45, 2.75) is 39.2 Å². The quantitative estimate of drug-likeness (QED) is 0.293. The summed E-state index contributed by atoms with van der Waals surface area (Å²) in [5, 5.41) is 6.94. The lowest BCUT2D eigenvalue weighted by atomic mass is 10.2. The minimum absolute atomic E-state index is 0.216. The second-order valence-corrected chi connectivity index (χ2v) is 8.53. The number of halogens is 3. The average molecular weight is 518 g/mol. The first-order valence-electron chi connectivity index (χ1n) is 9.36. The maximum Gasteiger partial charge on any atom is 0.257 e. The second kappa shape index (κ2) is 12.4. The minimum Gasteiger partial charge on any atom is -0.492 e. The summed E-state index contributed by atoms with van der Waals surface area (Å²) in [7, 11) is 0. The Morgan fingerprint density at radius 3 is 2.62 bits per heavy atom. The van der Waals surface area contributed by atoms with E-state index in [0.29, 0.717) is 28.8 Å². The number of carbonyl (C=O) groups is 1. The molecule has 0 aliphatic heterocycles. The Balaban J connectivity index is 1.84. The highest BCUT2D eigenvalue weighted by molar-refractivity contribution is 9.10. The van der Waals surface area contributed by atoms with Gasteiger partial charge in [-0.3, -0.25) is 10.1 Å². The van der Waals surface area contributed by atoms with Crippen LogP contribution in [0.4, 0.5) is 0 Å². The molecular formula is C21H23BrCl2N2O2S. The Morgan fingerprint density at radius 1 is 1.14 bits per heavy atom. The van der Waals surface area contributed by atoms with Gasteiger partial charge in [-0.15, -0.1) is 0 Å². The van der Waals surface area contributed by atoms with E-state index < -0.39 is 0 Å². The van der Waals surface area contributed by atoms with Gasteiger partial charge in [0.1, 0.15) is 5.75 Å². The average Bonchev–Trinajstić information content (AvgIpc) is 2.68. The summed E-state index contributed by atoms with van der Waals surface area (Å²) in [6.07, 6.45) is 4.57. The molecule has 2 aromatic carbocycles. The van der Waals surface area contributed by atoms with E-state index in [2.05, 4.69) is 33.5 Å². The molecule has 0 aromatic heterocycles. The molecule has 0 aliphatic rings. The molecule has 0 radical (unpaired) electrons. The molecule has 0 aliphatic carbocycles. The molecule has 0 unspecified atom stereocenters. The van der Waals surface area contributed by atoms with Gasteiger partial charge in [0, 0.05) is 22.2 Å². The number of unbranched alkanes of at least 4 members (excludes halogenated alkanes) is 3. The summed E-state index contributed by atoms with van der Waals surface area (Å²) in [5.74, 6) is 0.413. The van der Waals surface area contributed by atoms with Crippen LogP contribution in [-0.2, 0) is 6.54 Å². The van der Waals surface area contributed by atoms with Crippen LogP contribution in [0.3, 0.4) is 0 Å². The van der Waals surface area contributed by atoms with Crippen LogP contribution in [0.2, 0.25) is 10.0 Å². The van der Waals surface area contributed by atoms with Gasteiger partial charge in [-0.1, -0.05) is 55.5 Å². The van der Waals surface area contributed by atoms with Crippen LogP contribution in [0.15, 0.2) is 40.9 Å². The number of nitrogens with one attached hydrogen (secondary N) is 2. The number of hydrogen-bond acceptors (Lipinski definition) is 3. The molecule has 8 heteroatoms. The Morgan fingerprint density at radius 2 is 1.93 bits per heavy atom. The van der Waals surface area contributed by atoms with Crippen LogP contribution in [0.25, 0.3) is 0 Å². The molecular weight excluding hydrogens is 495 g/mol. The molecule has 0 heterocycles. The number of benzene rings is 2. The predicted molar refractivity (Wildman–Crippen MR) is 127 cm³/mol. The summed E-state index contributed by atoms with van der Waals surface area (Å²) >= 11 is 20.7. The molecule has 0 saturated heterocycles. The fourth-order valence-electron chi connectivity index (χ4n) is 2.53. The van der Waals surface area contributed by atoms with E-state index >= 15 is 0 Å². The zero-order valence-corrected chi connectivity index (χ0v) is 20.0. The number of carbonyl (C=O) groups excluding carboxylic acids is 1. The smallest absolute Gasteiger partial charge is 0.257 e. The number of amides is 1. The van der Waals surface area contributed by atoms with Crippen LogP contribution in [0.5, 0.6) is 5.75 Å². The van der Waals surface area contributed by atoms with E-state index in [1.807, 2.05) is 0 Å². The van der Waals surface area contributed by atoms with Gasteiger partial charge in [0.25, 0.3) is 5.91 Å². The fourth-order valence-corrected chi connectivity index (χ4v) is 3.66. The molecule has 2 N–H and O–H groups in total. The number of hydrogen-bond donors (Lipinski definition) is 2. The van der Waals surface area contributed by atoms with Crippen LogP contribution in [-0.4, -0.2) is 17.6 Å². The zero-order chi connectivity index (χ0) is 21.2. The Kier molecular flexibility index (Phi) is 10.2. The van der Waals surface area contributed by atoms with Crippen LogP contribution >= 0.6 is 51.3 Å². The molecule has 1 amide bonds. The lowest BCUT2D eigenvalue weighted by Gasteiger charge is -2.12. The first-order valence-corrected chi connectivity index (χ1v) is 11.3. The molecule has 2 aromatic rings. The summed E-state index contributed by atoms with van der Waals surface area (Å²) in [5.41, 5.74) is 1.31. The highest BCUT2D eigenvalue weighted by atomic mass is 79.9. The van der Waals surface area contributed by atoms with E-state index in [9.17, 15) is 4.79 Å². The minimum atomic E-state index is -0.306. The predicted octanol–water partition coefficient (Wildman–Crippen LogP) is 6.52. The SMILES string of the molecule is CCCCCCOc1ccc(C(=O)NC(=S)NCc2ccc(Cl)cc2Cl)cc1Br. The lowest BCUT2D eigenvalue weighted by molar-refractivity contribution is 0.0976. The van der Waals surface area contributed by atoms with Crippen molar-refractivity contribution < 1.29 is 9.53 Å². The zero-order valence-electron chi connectivity index (χ0n) is 16.1. The van der Waals surface area contributed by atoms with Crippen LogP contribution in [0.1, 0.15) is 48.5 Å². The first kappa shape index (κ1) is 23.9. The van der Waals surface area contributed by atoms with Gasteiger partial charge in [-0.05, 0) is 70.5 Å². The number of ether oxygens (including phenoxy) is 1. The Bertz CT molecular complexity index is 865. The second-order valence-electron chi connectivity index (χ2n) is 6.43. The van der Waals surface area contributed by atoms with Crippen molar-refractivity contribution in [2.24, 2.45) is 0 Å². The van der Waals surface area contributed by atoms with Crippen molar-refractivity contribution in [3.8, 4) is 5.75 Å². The third-order valence-electron chi connectivity index (χ3n) is 4.13. The summed E-state index contributed by atoms with van der Waals surface area (Å²) in [6.45, 7) is 3.21. The Hall–Kier alpha value is -1.34. The van der Waals surface area contributed by atoms with Crippen molar-refractivity contribution in [1.82, 2.24) is 10.6 Å². The molecule has 29 heavy (non-hydrogen) atoms. The van der Waals surface area contributed by atoms with Gasteiger partial charge in [-0.25, -0.2) is 0 Å². The van der Waals surface area contributed by atoms with E-state index in [0.717, 1.165) is 28.6 Å². The van der Waals surface area contributed by atoms with Gasteiger partial charge in [0.05, 0.1) is 11.1 Å². The van der Waals surface area contributed by atoms with Gasteiger partial charge >= 0.3 is 0 Å². The lowest BCUT2D eigenvalue weighted by Crippen LogP contribution is -2.38. The van der Waals surface area contributed by atoms with Crippen molar-refractivity contribution in [3.05, 3.63) is 62.0 Å². The normalized spacial score (nSPS) is 10.5. The van der Waals surface area contributed by atoms with Crippen molar-refractivity contribution >= 4 is 62.4 Å². The third kappa shape index (κ3) is 8.13.